The third-order valence-corrected chi connectivity index (χ3v) is 4.51. The van der Waals surface area contributed by atoms with Crippen LogP contribution in [0.25, 0.3) is 11.5 Å². The molecule has 4 rings (SSSR count). The summed E-state index contributed by atoms with van der Waals surface area (Å²) in [5.74, 6) is 2.28. The average molecular weight is 348 g/mol. The number of nitrogens with zero attached hydrogens (tertiary/aromatic N) is 2. The Kier molecular flexibility index (Phi) is 4.44. The second-order valence-electron chi connectivity index (χ2n) is 6.32. The smallest absolute Gasteiger partial charge is 0.227 e. The molecule has 2 heterocycles. The van der Waals surface area contributed by atoms with Gasteiger partial charge < -0.3 is 14.1 Å². The zero-order valence-corrected chi connectivity index (χ0v) is 14.6. The van der Waals surface area contributed by atoms with Crippen molar-refractivity contribution in [1.82, 2.24) is 4.98 Å². The topological polar surface area (TPSA) is 55.6 Å². The standard InChI is InChI=1S/C21H20N2O3/c1-15-19(22-21(26-15)16-6-3-2-4-7-16)14-25-18-11-9-17(10-12-18)23-13-5-8-20(23)24/h2-4,6-7,9-12H,5,8,13-14H2,1H3. The average Bonchev–Trinajstić information content (AvgIpc) is 3.27. The van der Waals surface area contributed by atoms with E-state index >= 15 is 0 Å². The van der Waals surface area contributed by atoms with E-state index in [2.05, 4.69) is 4.98 Å². The molecule has 1 amide bonds. The van der Waals surface area contributed by atoms with E-state index < -0.39 is 0 Å². The number of hydrogen-bond donors (Lipinski definition) is 0. The minimum absolute atomic E-state index is 0.185. The number of carbonyl (C=O) groups excluding carboxylic acids is 1. The molecule has 0 bridgehead atoms. The highest BCUT2D eigenvalue weighted by Gasteiger charge is 2.21. The molecule has 1 aromatic heterocycles. The second-order valence-corrected chi connectivity index (χ2v) is 6.32. The fraction of sp³-hybridized carbons (Fsp3) is 0.238. The Labute approximate surface area is 152 Å². The molecule has 132 valence electrons. The zero-order valence-electron chi connectivity index (χ0n) is 14.6. The first kappa shape index (κ1) is 16.4. The number of carbonyl (C=O) groups is 1. The van der Waals surface area contributed by atoms with Gasteiger partial charge in [-0.05, 0) is 49.7 Å². The molecule has 26 heavy (non-hydrogen) atoms. The van der Waals surface area contributed by atoms with Gasteiger partial charge in [0.1, 0.15) is 23.8 Å². The van der Waals surface area contributed by atoms with Crippen LogP contribution < -0.4 is 9.64 Å². The van der Waals surface area contributed by atoms with Crippen molar-refractivity contribution in [3.05, 3.63) is 66.1 Å². The minimum atomic E-state index is 0.185. The largest absolute Gasteiger partial charge is 0.487 e. The lowest BCUT2D eigenvalue weighted by molar-refractivity contribution is -0.117. The SMILES string of the molecule is Cc1oc(-c2ccccc2)nc1COc1ccc(N2CCCC2=O)cc1. The maximum Gasteiger partial charge on any atom is 0.227 e. The molecule has 0 N–H and O–H groups in total. The van der Waals surface area contributed by atoms with Gasteiger partial charge in [0.05, 0.1) is 0 Å². The van der Waals surface area contributed by atoms with E-state index in [1.165, 1.54) is 0 Å². The number of oxazole rings is 1. The molecular weight excluding hydrogens is 328 g/mol. The van der Waals surface area contributed by atoms with Crippen LogP contribution >= 0.6 is 0 Å². The summed E-state index contributed by atoms with van der Waals surface area (Å²) in [6.07, 6.45) is 1.56. The van der Waals surface area contributed by atoms with Crippen LogP contribution in [-0.2, 0) is 11.4 Å². The molecule has 2 aromatic carbocycles. The van der Waals surface area contributed by atoms with Gasteiger partial charge in [0.15, 0.2) is 0 Å². The van der Waals surface area contributed by atoms with Gasteiger partial charge in [0, 0.05) is 24.2 Å². The van der Waals surface area contributed by atoms with E-state index in [0.717, 1.165) is 41.4 Å². The van der Waals surface area contributed by atoms with E-state index in [0.29, 0.717) is 18.9 Å². The highest BCUT2D eigenvalue weighted by atomic mass is 16.5. The van der Waals surface area contributed by atoms with E-state index in [-0.39, 0.29) is 5.91 Å². The summed E-state index contributed by atoms with van der Waals surface area (Å²) in [5.41, 5.74) is 2.65. The third-order valence-electron chi connectivity index (χ3n) is 4.51. The predicted molar refractivity (Wildman–Crippen MR) is 99.0 cm³/mol. The first-order valence-corrected chi connectivity index (χ1v) is 8.75. The molecule has 1 aliphatic rings. The van der Waals surface area contributed by atoms with Gasteiger partial charge in [0.2, 0.25) is 11.8 Å². The minimum Gasteiger partial charge on any atom is -0.487 e. The number of ether oxygens (including phenoxy) is 1. The first-order valence-electron chi connectivity index (χ1n) is 8.75. The monoisotopic (exact) mass is 348 g/mol. The molecule has 1 aliphatic heterocycles. The van der Waals surface area contributed by atoms with Gasteiger partial charge in [-0.15, -0.1) is 0 Å². The Hall–Kier alpha value is -3.08. The number of anilines is 1. The Morgan fingerprint density at radius 3 is 2.58 bits per heavy atom. The second kappa shape index (κ2) is 7.04. The van der Waals surface area contributed by atoms with Crippen molar-refractivity contribution in [2.24, 2.45) is 0 Å². The van der Waals surface area contributed by atoms with Gasteiger partial charge in [-0.3, -0.25) is 4.79 Å². The van der Waals surface area contributed by atoms with Crippen LogP contribution in [-0.4, -0.2) is 17.4 Å². The molecular formula is C21H20N2O3. The van der Waals surface area contributed by atoms with Gasteiger partial charge in [-0.25, -0.2) is 4.98 Å². The zero-order chi connectivity index (χ0) is 17.9. The maximum absolute atomic E-state index is 11.8. The van der Waals surface area contributed by atoms with E-state index in [4.69, 9.17) is 9.15 Å². The predicted octanol–water partition coefficient (Wildman–Crippen LogP) is 4.36. The molecule has 1 saturated heterocycles. The Balaban J connectivity index is 1.43. The number of aromatic nitrogens is 1. The van der Waals surface area contributed by atoms with E-state index in [1.807, 2.05) is 66.4 Å². The molecule has 0 saturated carbocycles. The number of amides is 1. The van der Waals surface area contributed by atoms with Crippen molar-refractivity contribution in [2.45, 2.75) is 26.4 Å². The van der Waals surface area contributed by atoms with E-state index in [1.54, 1.807) is 0 Å². The normalized spacial score (nSPS) is 14.0. The number of hydrogen-bond acceptors (Lipinski definition) is 4. The Bertz CT molecular complexity index is 901. The van der Waals surface area contributed by atoms with Gasteiger partial charge in [0.25, 0.3) is 0 Å². The van der Waals surface area contributed by atoms with Crippen LogP contribution in [0.5, 0.6) is 5.75 Å². The van der Waals surface area contributed by atoms with Crippen LogP contribution in [0, 0.1) is 6.92 Å². The third kappa shape index (κ3) is 3.33. The summed E-state index contributed by atoms with van der Waals surface area (Å²) in [6.45, 7) is 3.02. The first-order chi connectivity index (χ1) is 12.7. The Morgan fingerprint density at radius 1 is 1.12 bits per heavy atom. The van der Waals surface area contributed by atoms with Crippen LogP contribution in [0.2, 0.25) is 0 Å². The van der Waals surface area contributed by atoms with Crippen LogP contribution in [0.4, 0.5) is 5.69 Å². The molecule has 0 radical (unpaired) electrons. The highest BCUT2D eigenvalue weighted by molar-refractivity contribution is 5.95. The summed E-state index contributed by atoms with van der Waals surface area (Å²) in [6, 6.07) is 17.4. The van der Waals surface area contributed by atoms with Crippen molar-refractivity contribution in [3.8, 4) is 17.2 Å². The van der Waals surface area contributed by atoms with Crippen molar-refractivity contribution < 1.29 is 13.9 Å². The summed E-state index contributed by atoms with van der Waals surface area (Å²) in [7, 11) is 0. The summed E-state index contributed by atoms with van der Waals surface area (Å²) < 4.78 is 11.6. The van der Waals surface area contributed by atoms with Crippen LogP contribution in [0.1, 0.15) is 24.3 Å². The van der Waals surface area contributed by atoms with Crippen molar-refractivity contribution in [2.75, 3.05) is 11.4 Å². The number of aryl methyl sites for hydroxylation is 1. The van der Waals surface area contributed by atoms with E-state index in [9.17, 15) is 4.79 Å². The molecule has 5 nitrogen and oxygen atoms in total. The molecule has 0 atom stereocenters. The maximum atomic E-state index is 11.8. The molecule has 5 heteroatoms. The van der Waals surface area contributed by atoms with Crippen molar-refractivity contribution in [3.63, 3.8) is 0 Å². The molecule has 0 spiro atoms. The van der Waals surface area contributed by atoms with Crippen molar-refractivity contribution >= 4 is 11.6 Å². The van der Waals surface area contributed by atoms with Crippen molar-refractivity contribution in [1.29, 1.82) is 0 Å². The summed E-state index contributed by atoms with van der Waals surface area (Å²) in [5, 5.41) is 0. The molecule has 0 aliphatic carbocycles. The summed E-state index contributed by atoms with van der Waals surface area (Å²) >= 11 is 0. The van der Waals surface area contributed by atoms with Crippen LogP contribution in [0.15, 0.2) is 59.0 Å². The summed E-state index contributed by atoms with van der Waals surface area (Å²) in [4.78, 5) is 18.2. The van der Waals surface area contributed by atoms with Crippen LogP contribution in [0.3, 0.4) is 0 Å². The van der Waals surface area contributed by atoms with Gasteiger partial charge >= 0.3 is 0 Å². The Morgan fingerprint density at radius 2 is 1.88 bits per heavy atom. The lowest BCUT2D eigenvalue weighted by atomic mass is 10.2. The van der Waals surface area contributed by atoms with Gasteiger partial charge in [-0.1, -0.05) is 18.2 Å². The number of benzene rings is 2. The van der Waals surface area contributed by atoms with Gasteiger partial charge in [-0.2, -0.15) is 0 Å². The lowest BCUT2D eigenvalue weighted by Crippen LogP contribution is -2.23. The fourth-order valence-corrected chi connectivity index (χ4v) is 3.06. The molecule has 3 aromatic rings. The lowest BCUT2D eigenvalue weighted by Gasteiger charge is -2.16. The molecule has 0 unspecified atom stereocenters. The number of rotatable bonds is 5. The molecule has 1 fully saturated rings. The quantitative estimate of drug-likeness (QED) is 0.687. The highest BCUT2D eigenvalue weighted by Crippen LogP contribution is 2.25. The fourth-order valence-electron chi connectivity index (χ4n) is 3.06.